The first-order valence-corrected chi connectivity index (χ1v) is 13.7. The Hall–Kier alpha value is 0. The third-order valence-corrected chi connectivity index (χ3v) is 15.3. The molecule has 0 aromatic rings. The first kappa shape index (κ1) is 20.6. The number of hydrogen-bond donors (Lipinski definition) is 0. The number of hydrogen-bond acceptors (Lipinski definition) is 0. The zero-order chi connectivity index (χ0) is 21.8. The Balaban J connectivity index is 1.53. The highest BCUT2D eigenvalue weighted by molar-refractivity contribution is 5.31. The van der Waals surface area contributed by atoms with E-state index in [9.17, 15) is 0 Å². The Morgan fingerprint density at radius 1 is 0.533 bits per heavy atom. The van der Waals surface area contributed by atoms with Gasteiger partial charge in [0.2, 0.25) is 0 Å². The van der Waals surface area contributed by atoms with Crippen LogP contribution in [0, 0.1) is 67.5 Å². The second-order valence-corrected chi connectivity index (χ2v) is 15.9. The molecule has 9 fully saturated rings. The summed E-state index contributed by atoms with van der Waals surface area (Å²) >= 11 is 0. The highest BCUT2D eigenvalue weighted by Gasteiger charge is 2.83. The summed E-state index contributed by atoms with van der Waals surface area (Å²) in [5, 5.41) is 0. The molecule has 0 heterocycles. The zero-order valence-corrected chi connectivity index (χ0v) is 21.8. The van der Waals surface area contributed by atoms with Crippen molar-refractivity contribution in [2.75, 3.05) is 0 Å². The van der Waals surface area contributed by atoms with Crippen molar-refractivity contribution in [2.24, 2.45) is 67.5 Å². The second kappa shape index (κ2) is 5.22. The fraction of sp³-hybridized carbons (Fsp3) is 1.00. The van der Waals surface area contributed by atoms with Crippen molar-refractivity contribution >= 4 is 0 Å². The van der Waals surface area contributed by atoms with Crippen LogP contribution in [0.25, 0.3) is 0 Å². The lowest BCUT2D eigenvalue weighted by Gasteiger charge is -2.87. The first-order chi connectivity index (χ1) is 13.7. The van der Waals surface area contributed by atoms with Gasteiger partial charge in [-0.1, -0.05) is 62.3 Å². The summed E-state index contributed by atoms with van der Waals surface area (Å²) in [5.74, 6) is 4.91. The summed E-state index contributed by atoms with van der Waals surface area (Å²) in [7, 11) is 0. The molecule has 0 aromatic heterocycles. The minimum absolute atomic E-state index is 0.499. The Labute approximate surface area is 187 Å². The standard InChI is InChI=1S/C30H50/c1-24(2)19-10-13-27(7,22(24)16-19)29(9)15-12-21-18-30(29,26(21,5)6)28(8)14-11-20-17-23(28)25(20,3)4/h19-23H,10-18H2,1-9H3/t19-,20-,21-,22-,23-,27-,28+,29+,30-/m0/s1. The van der Waals surface area contributed by atoms with Crippen molar-refractivity contribution in [3.63, 3.8) is 0 Å². The van der Waals surface area contributed by atoms with Crippen LogP contribution < -0.4 is 0 Å². The maximum Gasteiger partial charge on any atom is -0.0125 e. The van der Waals surface area contributed by atoms with Crippen LogP contribution in [-0.2, 0) is 0 Å². The normalized spacial score (nSPS) is 61.3. The lowest BCUT2D eigenvalue weighted by Crippen LogP contribution is -2.80. The van der Waals surface area contributed by atoms with E-state index in [0.29, 0.717) is 37.9 Å². The fourth-order valence-electron chi connectivity index (χ4n) is 13.2. The van der Waals surface area contributed by atoms with Crippen LogP contribution in [0.5, 0.6) is 0 Å². The summed E-state index contributed by atoms with van der Waals surface area (Å²) in [6.07, 6.45) is 13.7. The highest BCUT2D eigenvalue weighted by Crippen LogP contribution is 2.89. The molecule has 6 bridgehead atoms. The van der Waals surface area contributed by atoms with Crippen molar-refractivity contribution in [2.45, 2.75) is 120 Å². The van der Waals surface area contributed by atoms with Gasteiger partial charge in [0, 0.05) is 0 Å². The van der Waals surface area contributed by atoms with Crippen LogP contribution in [0.2, 0.25) is 0 Å². The topological polar surface area (TPSA) is 0 Å². The summed E-state index contributed by atoms with van der Waals surface area (Å²) in [6.45, 7) is 24.5. The Bertz CT molecular complexity index is 782. The van der Waals surface area contributed by atoms with Crippen LogP contribution in [0.4, 0.5) is 0 Å². The van der Waals surface area contributed by atoms with Gasteiger partial charge in [0.1, 0.15) is 0 Å². The molecule has 9 rings (SSSR count). The van der Waals surface area contributed by atoms with Gasteiger partial charge in [-0.15, -0.1) is 0 Å². The van der Waals surface area contributed by atoms with E-state index < -0.39 is 0 Å². The molecule has 0 spiro atoms. The molecule has 0 nitrogen and oxygen atoms in total. The molecule has 0 N–H and O–H groups in total. The third-order valence-electron chi connectivity index (χ3n) is 15.3. The molecule has 0 aromatic carbocycles. The second-order valence-electron chi connectivity index (χ2n) is 15.9. The van der Waals surface area contributed by atoms with Gasteiger partial charge < -0.3 is 0 Å². The van der Waals surface area contributed by atoms with E-state index in [4.69, 9.17) is 0 Å². The average Bonchev–Trinajstić information content (AvgIpc) is 2.66. The van der Waals surface area contributed by atoms with Gasteiger partial charge in [0.25, 0.3) is 0 Å². The molecule has 9 saturated carbocycles. The zero-order valence-electron chi connectivity index (χ0n) is 21.8. The van der Waals surface area contributed by atoms with Gasteiger partial charge in [-0.25, -0.2) is 0 Å². The average molecular weight is 411 g/mol. The van der Waals surface area contributed by atoms with Crippen molar-refractivity contribution in [1.82, 2.24) is 0 Å². The van der Waals surface area contributed by atoms with E-state index in [-0.39, 0.29) is 0 Å². The molecule has 9 aliphatic rings. The van der Waals surface area contributed by atoms with E-state index in [2.05, 4.69) is 62.3 Å². The molecule has 170 valence electrons. The smallest absolute Gasteiger partial charge is 0.0125 e. The first-order valence-electron chi connectivity index (χ1n) is 13.7. The maximum atomic E-state index is 2.86. The number of rotatable bonds is 2. The quantitative estimate of drug-likeness (QED) is 0.427. The van der Waals surface area contributed by atoms with Crippen molar-refractivity contribution < 1.29 is 0 Å². The molecule has 9 aliphatic carbocycles. The molecular weight excluding hydrogens is 360 g/mol. The molecule has 0 unspecified atom stereocenters. The van der Waals surface area contributed by atoms with Gasteiger partial charge in [0.05, 0.1) is 0 Å². The van der Waals surface area contributed by atoms with Gasteiger partial charge in [0.15, 0.2) is 0 Å². The monoisotopic (exact) mass is 410 g/mol. The molecule has 0 amide bonds. The van der Waals surface area contributed by atoms with E-state index in [1.807, 2.05) is 0 Å². The van der Waals surface area contributed by atoms with E-state index >= 15 is 0 Å². The van der Waals surface area contributed by atoms with Crippen LogP contribution >= 0.6 is 0 Å². The predicted octanol–water partition coefficient (Wildman–Crippen LogP) is 8.74. The van der Waals surface area contributed by atoms with Crippen molar-refractivity contribution in [1.29, 1.82) is 0 Å². The minimum Gasteiger partial charge on any atom is -0.0594 e. The molecular formula is C30H50. The van der Waals surface area contributed by atoms with Crippen LogP contribution in [0.1, 0.15) is 120 Å². The van der Waals surface area contributed by atoms with Crippen LogP contribution in [0.3, 0.4) is 0 Å². The summed E-state index contributed by atoms with van der Waals surface area (Å²) in [5.41, 5.74) is 3.78. The predicted molar refractivity (Wildman–Crippen MR) is 127 cm³/mol. The van der Waals surface area contributed by atoms with E-state index in [0.717, 1.165) is 29.6 Å². The van der Waals surface area contributed by atoms with Crippen LogP contribution in [0.15, 0.2) is 0 Å². The van der Waals surface area contributed by atoms with Gasteiger partial charge in [-0.05, 0) is 125 Å². The summed E-state index contributed by atoms with van der Waals surface area (Å²) < 4.78 is 0. The van der Waals surface area contributed by atoms with E-state index in [1.165, 1.54) is 51.4 Å². The molecule has 9 atom stereocenters. The molecule has 0 heteroatoms. The SMILES string of the molecule is CC1(C)[C@H]2CC[C@](C)([C@@]3(C)CC[C@H]4C[C@@]3([C@]3(C)CC[C@H]5C[C@H]3C5(C)C)C4(C)C)[C@H]1C2. The van der Waals surface area contributed by atoms with E-state index in [1.54, 1.807) is 6.42 Å². The fourth-order valence-corrected chi connectivity index (χ4v) is 13.2. The Kier molecular flexibility index (Phi) is 3.58. The molecule has 0 radical (unpaired) electrons. The maximum absolute atomic E-state index is 2.86. The molecule has 0 saturated heterocycles. The summed E-state index contributed by atoms with van der Waals surface area (Å²) in [6, 6.07) is 0. The number of fused-ring (bicyclic) bond motifs is 7. The van der Waals surface area contributed by atoms with Crippen LogP contribution in [-0.4, -0.2) is 0 Å². The molecule has 30 heavy (non-hydrogen) atoms. The Morgan fingerprint density at radius 3 is 1.47 bits per heavy atom. The lowest BCUT2D eigenvalue weighted by atomic mass is 9.17. The largest absolute Gasteiger partial charge is 0.0594 e. The Morgan fingerprint density at radius 2 is 1.00 bits per heavy atom. The lowest BCUT2D eigenvalue weighted by molar-refractivity contribution is -0.387. The van der Waals surface area contributed by atoms with Gasteiger partial charge in [-0.3, -0.25) is 0 Å². The van der Waals surface area contributed by atoms with Crippen molar-refractivity contribution in [3.05, 3.63) is 0 Å². The highest BCUT2D eigenvalue weighted by atomic mass is 14.9. The minimum atomic E-state index is 0.499. The van der Waals surface area contributed by atoms with Gasteiger partial charge >= 0.3 is 0 Å². The summed E-state index contributed by atoms with van der Waals surface area (Å²) in [4.78, 5) is 0. The molecule has 0 aliphatic heterocycles. The third kappa shape index (κ3) is 1.72. The van der Waals surface area contributed by atoms with Crippen molar-refractivity contribution in [3.8, 4) is 0 Å². The van der Waals surface area contributed by atoms with Gasteiger partial charge in [-0.2, -0.15) is 0 Å².